The van der Waals surface area contributed by atoms with Gasteiger partial charge >= 0.3 is 0 Å². The van der Waals surface area contributed by atoms with Crippen molar-refractivity contribution < 1.29 is 4.79 Å². The van der Waals surface area contributed by atoms with E-state index >= 15 is 0 Å². The van der Waals surface area contributed by atoms with Crippen molar-refractivity contribution in [2.45, 2.75) is 6.92 Å². The number of aromatic nitrogens is 2. The van der Waals surface area contributed by atoms with Gasteiger partial charge in [-0.1, -0.05) is 5.92 Å². The summed E-state index contributed by atoms with van der Waals surface area (Å²) in [6.45, 7) is 1.55. The number of pyridine rings is 2. The average molecular weight is 253 g/mol. The van der Waals surface area contributed by atoms with Gasteiger partial charge in [-0.05, 0) is 36.6 Å². The summed E-state index contributed by atoms with van der Waals surface area (Å²) in [5.74, 6) is 4.27. The highest BCUT2D eigenvalue weighted by atomic mass is 16.2. The highest BCUT2D eigenvalue weighted by Crippen LogP contribution is 2.18. The molecule has 5 nitrogen and oxygen atoms in total. The second-order valence-corrected chi connectivity index (χ2v) is 3.70. The van der Waals surface area contributed by atoms with Crippen LogP contribution < -0.4 is 10.9 Å². The van der Waals surface area contributed by atoms with Crippen molar-refractivity contribution in [3.05, 3.63) is 47.1 Å². The molecule has 0 atom stereocenters. The van der Waals surface area contributed by atoms with E-state index in [4.69, 9.17) is 0 Å². The molecule has 2 heterocycles. The van der Waals surface area contributed by atoms with E-state index in [-0.39, 0.29) is 11.2 Å². The highest BCUT2D eigenvalue weighted by molar-refractivity contribution is 6.04. The van der Waals surface area contributed by atoms with Crippen LogP contribution in [-0.4, -0.2) is 15.9 Å². The van der Waals surface area contributed by atoms with Crippen molar-refractivity contribution in [2.24, 2.45) is 0 Å². The largest absolute Gasteiger partial charge is 0.327 e. The Morgan fingerprint density at radius 3 is 2.74 bits per heavy atom. The molecule has 0 unspecified atom stereocenters. The summed E-state index contributed by atoms with van der Waals surface area (Å²) >= 11 is 0. The third-order valence-electron chi connectivity index (χ3n) is 2.40. The molecule has 0 fully saturated rings. The zero-order valence-corrected chi connectivity index (χ0v) is 10.2. The van der Waals surface area contributed by atoms with E-state index in [2.05, 4.69) is 27.1 Å². The minimum absolute atomic E-state index is 0.169. The fourth-order valence-electron chi connectivity index (χ4n) is 1.55. The topological polar surface area (TPSA) is 74.8 Å². The van der Waals surface area contributed by atoms with E-state index in [0.717, 1.165) is 11.1 Å². The molecule has 0 aliphatic carbocycles. The van der Waals surface area contributed by atoms with Gasteiger partial charge < -0.3 is 10.3 Å². The molecule has 5 heteroatoms. The molecule has 0 aliphatic heterocycles. The monoisotopic (exact) mass is 253 g/mol. The molecule has 0 spiro atoms. The number of rotatable bonds is 2. The Labute approximate surface area is 109 Å². The number of nitrogens with one attached hydrogen (secondary N) is 2. The number of hydrogen-bond donors (Lipinski definition) is 2. The van der Waals surface area contributed by atoms with Gasteiger partial charge in [-0.3, -0.25) is 14.6 Å². The number of anilines is 1. The molecule has 19 heavy (non-hydrogen) atoms. The van der Waals surface area contributed by atoms with Crippen molar-refractivity contribution in [3.63, 3.8) is 0 Å². The zero-order chi connectivity index (χ0) is 13.7. The van der Waals surface area contributed by atoms with Crippen LogP contribution in [0.2, 0.25) is 0 Å². The van der Waals surface area contributed by atoms with Gasteiger partial charge in [0.05, 0.1) is 0 Å². The molecular formula is C14H11N3O2. The number of carbonyl (C=O) groups excluding carboxylic acids is 1. The van der Waals surface area contributed by atoms with Crippen LogP contribution in [0.15, 0.2) is 41.6 Å². The lowest BCUT2D eigenvalue weighted by molar-refractivity contribution is -0.111. The lowest BCUT2D eigenvalue weighted by Gasteiger charge is -2.04. The van der Waals surface area contributed by atoms with Crippen LogP contribution in [0.5, 0.6) is 0 Å². The van der Waals surface area contributed by atoms with Gasteiger partial charge in [0.2, 0.25) is 0 Å². The van der Waals surface area contributed by atoms with Crippen molar-refractivity contribution in [2.75, 3.05) is 5.32 Å². The quantitative estimate of drug-likeness (QED) is 0.794. The van der Waals surface area contributed by atoms with Crippen LogP contribution >= 0.6 is 0 Å². The van der Waals surface area contributed by atoms with Crippen molar-refractivity contribution in [1.82, 2.24) is 9.97 Å². The minimum atomic E-state index is -0.514. The van der Waals surface area contributed by atoms with Gasteiger partial charge in [-0.25, -0.2) is 0 Å². The molecule has 0 saturated carbocycles. The van der Waals surface area contributed by atoms with Crippen LogP contribution in [-0.2, 0) is 4.79 Å². The summed E-state index contributed by atoms with van der Waals surface area (Å²) < 4.78 is 0. The first-order valence-electron chi connectivity index (χ1n) is 5.57. The first kappa shape index (κ1) is 12.6. The fourth-order valence-corrected chi connectivity index (χ4v) is 1.55. The normalized spacial score (nSPS) is 9.32. The van der Waals surface area contributed by atoms with E-state index in [1.165, 1.54) is 0 Å². The summed E-state index contributed by atoms with van der Waals surface area (Å²) in [5, 5.41) is 2.45. The molecule has 2 aromatic rings. The van der Waals surface area contributed by atoms with Crippen molar-refractivity contribution >= 4 is 11.6 Å². The van der Waals surface area contributed by atoms with E-state index in [0.29, 0.717) is 0 Å². The Bertz CT molecular complexity index is 709. The van der Waals surface area contributed by atoms with Crippen LogP contribution in [0.3, 0.4) is 0 Å². The molecule has 94 valence electrons. The number of nitrogens with zero attached hydrogens (tertiary/aromatic N) is 1. The van der Waals surface area contributed by atoms with Crippen LogP contribution in [0, 0.1) is 11.8 Å². The van der Waals surface area contributed by atoms with Crippen molar-refractivity contribution in [1.29, 1.82) is 0 Å². The first-order valence-corrected chi connectivity index (χ1v) is 5.57. The molecule has 2 rings (SSSR count). The van der Waals surface area contributed by atoms with E-state index in [1.807, 2.05) is 12.1 Å². The number of carbonyl (C=O) groups is 1. The Kier molecular flexibility index (Phi) is 3.74. The van der Waals surface area contributed by atoms with Crippen LogP contribution in [0.4, 0.5) is 5.69 Å². The van der Waals surface area contributed by atoms with Crippen molar-refractivity contribution in [3.8, 4) is 23.0 Å². The van der Waals surface area contributed by atoms with E-state index in [1.54, 1.807) is 31.6 Å². The van der Waals surface area contributed by atoms with Gasteiger partial charge in [0.25, 0.3) is 11.5 Å². The van der Waals surface area contributed by atoms with Gasteiger partial charge in [0, 0.05) is 24.2 Å². The SMILES string of the molecule is CC#CC(=O)Nc1cc(-c2ccncc2)c[nH]c1=O. The summed E-state index contributed by atoms with van der Waals surface area (Å²) in [4.78, 5) is 29.5. The summed E-state index contributed by atoms with van der Waals surface area (Å²) in [6.07, 6.45) is 4.89. The lowest BCUT2D eigenvalue weighted by atomic mass is 10.1. The maximum Gasteiger partial charge on any atom is 0.300 e. The van der Waals surface area contributed by atoms with Gasteiger partial charge in [-0.2, -0.15) is 0 Å². The second-order valence-electron chi connectivity index (χ2n) is 3.70. The van der Waals surface area contributed by atoms with Gasteiger partial charge in [-0.15, -0.1) is 0 Å². The highest BCUT2D eigenvalue weighted by Gasteiger charge is 2.05. The molecule has 1 amide bonds. The molecule has 0 radical (unpaired) electrons. The molecule has 0 aromatic carbocycles. The first-order chi connectivity index (χ1) is 9.20. The number of hydrogen-bond acceptors (Lipinski definition) is 3. The van der Waals surface area contributed by atoms with Gasteiger partial charge in [0.1, 0.15) is 5.69 Å². The molecule has 2 aromatic heterocycles. The fraction of sp³-hybridized carbons (Fsp3) is 0.0714. The zero-order valence-electron chi connectivity index (χ0n) is 10.2. The van der Waals surface area contributed by atoms with Crippen LogP contribution in [0.25, 0.3) is 11.1 Å². The summed E-state index contributed by atoms with van der Waals surface area (Å²) in [7, 11) is 0. The average Bonchev–Trinajstić information content (AvgIpc) is 2.42. The molecule has 2 N–H and O–H groups in total. The van der Waals surface area contributed by atoms with E-state index in [9.17, 15) is 9.59 Å². The number of aromatic amines is 1. The maximum atomic E-state index is 11.6. The third kappa shape index (κ3) is 3.07. The third-order valence-corrected chi connectivity index (χ3v) is 2.40. The molecule has 0 aliphatic rings. The molecular weight excluding hydrogens is 242 g/mol. The Morgan fingerprint density at radius 1 is 1.32 bits per heavy atom. The number of H-pyrrole nitrogens is 1. The molecule has 0 saturated heterocycles. The summed E-state index contributed by atoms with van der Waals surface area (Å²) in [5.41, 5.74) is 1.47. The minimum Gasteiger partial charge on any atom is -0.327 e. The maximum absolute atomic E-state index is 11.6. The van der Waals surface area contributed by atoms with Crippen LogP contribution in [0.1, 0.15) is 6.92 Å². The smallest absolute Gasteiger partial charge is 0.300 e. The molecule has 0 bridgehead atoms. The Hall–Kier alpha value is -2.87. The Morgan fingerprint density at radius 2 is 2.05 bits per heavy atom. The Balaban J connectivity index is 2.37. The predicted octanol–water partition coefficient (Wildman–Crippen LogP) is 1.40. The van der Waals surface area contributed by atoms with Gasteiger partial charge in [0.15, 0.2) is 0 Å². The summed E-state index contributed by atoms with van der Waals surface area (Å²) in [6, 6.07) is 5.22. The number of amides is 1. The standard InChI is InChI=1S/C14H11N3O2/c1-2-3-13(18)17-12-8-11(9-16-14(12)19)10-4-6-15-7-5-10/h4-9H,1H3,(H,16,19)(H,17,18). The second kappa shape index (κ2) is 5.65. The predicted molar refractivity (Wildman–Crippen MR) is 72.4 cm³/mol. The van der Waals surface area contributed by atoms with E-state index < -0.39 is 5.91 Å². The lowest BCUT2D eigenvalue weighted by Crippen LogP contribution is -2.18.